The van der Waals surface area contributed by atoms with E-state index >= 15 is 0 Å². The van der Waals surface area contributed by atoms with Gasteiger partial charge in [-0.2, -0.15) is 5.26 Å². The van der Waals surface area contributed by atoms with E-state index in [0.717, 1.165) is 12.8 Å². The number of hydrogen-bond acceptors (Lipinski definition) is 5. The molecule has 1 fully saturated rings. The Morgan fingerprint density at radius 1 is 1.50 bits per heavy atom. The average Bonchev–Trinajstić information content (AvgIpc) is 3.18. The Morgan fingerprint density at radius 3 is 2.85 bits per heavy atom. The van der Waals surface area contributed by atoms with Crippen molar-refractivity contribution in [2.45, 2.75) is 18.8 Å². The molecule has 1 aromatic heterocycles. The Bertz CT molecular complexity index is 745. The summed E-state index contributed by atoms with van der Waals surface area (Å²) < 4.78 is 1.49. The summed E-state index contributed by atoms with van der Waals surface area (Å²) in [5.41, 5.74) is 1.27. The van der Waals surface area contributed by atoms with Gasteiger partial charge in [-0.25, -0.2) is 4.68 Å². The van der Waals surface area contributed by atoms with E-state index in [1.807, 2.05) is 6.07 Å². The van der Waals surface area contributed by atoms with E-state index in [4.69, 9.17) is 16.9 Å². The molecule has 8 heteroatoms. The van der Waals surface area contributed by atoms with Gasteiger partial charge < -0.3 is 0 Å². The third-order valence-corrected chi connectivity index (χ3v) is 3.47. The molecule has 3 rings (SSSR count). The average molecular weight is 290 g/mol. The normalized spacial score (nSPS) is 14.0. The Morgan fingerprint density at radius 2 is 2.25 bits per heavy atom. The SMILES string of the molecule is N#Cc1nnn(-c2ccc(Cl)c([N+](=O)[O-])c2)c1C1CC1. The van der Waals surface area contributed by atoms with Crippen LogP contribution in [-0.2, 0) is 0 Å². The van der Waals surface area contributed by atoms with Crippen LogP contribution in [0.3, 0.4) is 0 Å². The third-order valence-electron chi connectivity index (χ3n) is 3.15. The van der Waals surface area contributed by atoms with Gasteiger partial charge >= 0.3 is 0 Å². The molecular weight excluding hydrogens is 282 g/mol. The number of aromatic nitrogens is 3. The molecule has 0 unspecified atom stereocenters. The fourth-order valence-electron chi connectivity index (χ4n) is 2.06. The Labute approximate surface area is 118 Å². The molecule has 1 aromatic carbocycles. The van der Waals surface area contributed by atoms with Crippen molar-refractivity contribution in [1.29, 1.82) is 5.26 Å². The topological polar surface area (TPSA) is 97.6 Å². The number of rotatable bonds is 3. The van der Waals surface area contributed by atoms with Crippen LogP contribution >= 0.6 is 11.6 Å². The number of benzene rings is 1. The molecule has 1 aliphatic carbocycles. The highest BCUT2D eigenvalue weighted by molar-refractivity contribution is 6.32. The van der Waals surface area contributed by atoms with Crippen LogP contribution < -0.4 is 0 Å². The van der Waals surface area contributed by atoms with Crippen molar-refractivity contribution in [2.24, 2.45) is 0 Å². The summed E-state index contributed by atoms with van der Waals surface area (Å²) in [4.78, 5) is 10.4. The fourth-order valence-corrected chi connectivity index (χ4v) is 2.24. The lowest BCUT2D eigenvalue weighted by atomic mass is 10.2. The van der Waals surface area contributed by atoms with E-state index in [1.54, 1.807) is 6.07 Å². The van der Waals surface area contributed by atoms with Crippen molar-refractivity contribution in [1.82, 2.24) is 15.0 Å². The molecular formula is C12H8ClN5O2. The smallest absolute Gasteiger partial charge is 0.258 e. The minimum absolute atomic E-state index is 0.0624. The summed E-state index contributed by atoms with van der Waals surface area (Å²) in [7, 11) is 0. The van der Waals surface area contributed by atoms with Crippen molar-refractivity contribution in [3.05, 3.63) is 44.7 Å². The quantitative estimate of drug-likeness (QED) is 0.639. The lowest BCUT2D eigenvalue weighted by Gasteiger charge is -2.05. The summed E-state index contributed by atoms with van der Waals surface area (Å²) in [6.45, 7) is 0. The molecule has 0 radical (unpaired) electrons. The first-order valence-electron chi connectivity index (χ1n) is 5.92. The van der Waals surface area contributed by atoms with Crippen LogP contribution in [0.5, 0.6) is 0 Å². The molecule has 0 atom stereocenters. The maximum atomic E-state index is 10.9. The molecule has 1 saturated carbocycles. The summed E-state index contributed by atoms with van der Waals surface area (Å²) in [5, 5.41) is 27.8. The van der Waals surface area contributed by atoms with Gasteiger partial charge in [-0.1, -0.05) is 16.8 Å². The minimum Gasteiger partial charge on any atom is -0.258 e. The largest absolute Gasteiger partial charge is 0.290 e. The van der Waals surface area contributed by atoms with Crippen molar-refractivity contribution >= 4 is 17.3 Å². The van der Waals surface area contributed by atoms with E-state index in [0.29, 0.717) is 11.4 Å². The van der Waals surface area contributed by atoms with E-state index in [-0.39, 0.29) is 22.3 Å². The van der Waals surface area contributed by atoms with Crippen LogP contribution in [0, 0.1) is 21.4 Å². The second-order valence-corrected chi connectivity index (χ2v) is 4.92. The van der Waals surface area contributed by atoms with Crippen molar-refractivity contribution in [3.63, 3.8) is 0 Å². The van der Waals surface area contributed by atoms with Gasteiger partial charge in [0.15, 0.2) is 5.69 Å². The molecule has 2 aromatic rings. The Balaban J connectivity index is 2.15. The first-order chi connectivity index (χ1) is 9.61. The predicted octanol–water partition coefficient (Wildman–Crippen LogP) is 2.58. The maximum absolute atomic E-state index is 10.9. The zero-order valence-corrected chi connectivity index (χ0v) is 10.9. The van der Waals surface area contributed by atoms with E-state index in [1.165, 1.54) is 16.8 Å². The molecule has 1 aliphatic rings. The van der Waals surface area contributed by atoms with Crippen LogP contribution in [0.15, 0.2) is 18.2 Å². The van der Waals surface area contributed by atoms with Gasteiger partial charge in [-0.3, -0.25) is 10.1 Å². The molecule has 20 heavy (non-hydrogen) atoms. The van der Waals surface area contributed by atoms with Gasteiger partial charge in [-0.05, 0) is 25.0 Å². The maximum Gasteiger partial charge on any atom is 0.290 e. The molecule has 0 saturated heterocycles. The molecule has 100 valence electrons. The van der Waals surface area contributed by atoms with E-state index < -0.39 is 4.92 Å². The number of nitriles is 1. The molecule has 7 nitrogen and oxygen atoms in total. The Kier molecular flexibility index (Phi) is 2.88. The first-order valence-corrected chi connectivity index (χ1v) is 6.29. The summed E-state index contributed by atoms with van der Waals surface area (Å²) >= 11 is 5.79. The number of hydrogen-bond donors (Lipinski definition) is 0. The zero-order chi connectivity index (χ0) is 14.3. The molecule has 0 aliphatic heterocycles. The Hall–Kier alpha value is -2.46. The highest BCUT2D eigenvalue weighted by Gasteiger charge is 2.32. The standard InChI is InChI=1S/C12H8ClN5O2/c13-9-4-3-8(5-11(9)18(19)20)17-12(7-1-2-7)10(6-14)15-16-17/h3-5,7H,1-2H2. The third kappa shape index (κ3) is 2.00. The molecule has 0 N–H and O–H groups in total. The summed E-state index contributed by atoms with van der Waals surface area (Å²) in [6.07, 6.45) is 1.94. The van der Waals surface area contributed by atoms with Gasteiger partial charge in [0, 0.05) is 12.0 Å². The van der Waals surface area contributed by atoms with Gasteiger partial charge in [0.05, 0.1) is 16.3 Å². The number of nitrogens with zero attached hydrogens (tertiary/aromatic N) is 5. The molecule has 0 spiro atoms. The number of halogens is 1. The van der Waals surface area contributed by atoms with Gasteiger partial charge in [-0.15, -0.1) is 5.10 Å². The fraction of sp³-hybridized carbons (Fsp3) is 0.250. The number of nitro benzene ring substituents is 1. The lowest BCUT2D eigenvalue weighted by molar-refractivity contribution is -0.384. The van der Waals surface area contributed by atoms with E-state index in [2.05, 4.69) is 10.3 Å². The van der Waals surface area contributed by atoms with Crippen molar-refractivity contribution < 1.29 is 4.92 Å². The first kappa shape index (κ1) is 12.6. The van der Waals surface area contributed by atoms with Gasteiger partial charge in [0.25, 0.3) is 5.69 Å². The van der Waals surface area contributed by atoms with Crippen LogP contribution in [0.1, 0.15) is 30.1 Å². The minimum atomic E-state index is -0.551. The van der Waals surface area contributed by atoms with Gasteiger partial charge in [0.1, 0.15) is 11.1 Å². The van der Waals surface area contributed by atoms with Gasteiger partial charge in [0.2, 0.25) is 0 Å². The highest BCUT2D eigenvalue weighted by Crippen LogP contribution is 2.42. The molecule has 0 bridgehead atoms. The van der Waals surface area contributed by atoms with Crippen LogP contribution in [0.25, 0.3) is 5.69 Å². The lowest BCUT2D eigenvalue weighted by Crippen LogP contribution is -2.03. The number of nitro groups is 1. The summed E-state index contributed by atoms with van der Waals surface area (Å²) in [5.74, 6) is 0.245. The van der Waals surface area contributed by atoms with Crippen LogP contribution in [-0.4, -0.2) is 19.9 Å². The second-order valence-electron chi connectivity index (χ2n) is 4.51. The highest BCUT2D eigenvalue weighted by atomic mass is 35.5. The molecule has 0 amide bonds. The van der Waals surface area contributed by atoms with Crippen LogP contribution in [0.4, 0.5) is 5.69 Å². The second kappa shape index (κ2) is 4.58. The predicted molar refractivity (Wildman–Crippen MR) is 69.7 cm³/mol. The molecule has 1 heterocycles. The zero-order valence-electron chi connectivity index (χ0n) is 10.2. The van der Waals surface area contributed by atoms with E-state index in [9.17, 15) is 10.1 Å². The van der Waals surface area contributed by atoms with Crippen molar-refractivity contribution in [3.8, 4) is 11.8 Å². The monoisotopic (exact) mass is 289 g/mol. The van der Waals surface area contributed by atoms with Crippen LogP contribution in [0.2, 0.25) is 5.02 Å². The van der Waals surface area contributed by atoms with Crippen molar-refractivity contribution in [2.75, 3.05) is 0 Å². The summed E-state index contributed by atoms with van der Waals surface area (Å²) in [6, 6.07) is 6.40.